The third-order valence-corrected chi connectivity index (χ3v) is 2.41. The van der Waals surface area contributed by atoms with Crippen molar-refractivity contribution in [3.8, 4) is 23.0 Å². The fraction of sp³-hybridized carbons (Fsp3) is 0.182. The van der Waals surface area contributed by atoms with E-state index in [4.69, 9.17) is 21.1 Å². The molecule has 0 N–H and O–H groups in total. The van der Waals surface area contributed by atoms with Gasteiger partial charge in [-0.25, -0.2) is 0 Å². The molecule has 17 heavy (non-hydrogen) atoms. The highest BCUT2D eigenvalue weighted by molar-refractivity contribution is 6.32. The molecule has 5 nitrogen and oxygen atoms in total. The molecule has 0 aliphatic heterocycles. The maximum absolute atomic E-state index is 6.09. The normalized spacial score (nSPS) is 10.1. The fourth-order valence-corrected chi connectivity index (χ4v) is 1.65. The first-order valence-electron chi connectivity index (χ1n) is 4.82. The van der Waals surface area contributed by atoms with E-state index in [1.165, 1.54) is 14.2 Å². The highest BCUT2D eigenvalue weighted by Gasteiger charge is 2.16. The van der Waals surface area contributed by atoms with Gasteiger partial charge >= 0.3 is 6.01 Å². The van der Waals surface area contributed by atoms with Crippen LogP contribution in [0.4, 0.5) is 0 Å². The van der Waals surface area contributed by atoms with Crippen molar-refractivity contribution in [1.29, 1.82) is 0 Å². The van der Waals surface area contributed by atoms with Crippen molar-refractivity contribution in [2.24, 2.45) is 0 Å². The maximum Gasteiger partial charge on any atom is 0.320 e. The van der Waals surface area contributed by atoms with E-state index in [0.29, 0.717) is 11.4 Å². The first kappa shape index (κ1) is 11.6. The average molecular weight is 252 g/mol. The second kappa shape index (κ2) is 4.97. The summed E-state index contributed by atoms with van der Waals surface area (Å²) in [4.78, 5) is 12.1. The summed E-state index contributed by atoms with van der Waals surface area (Å²) in [6.45, 7) is 0. The van der Waals surface area contributed by atoms with E-state index in [9.17, 15) is 0 Å². The lowest BCUT2D eigenvalue weighted by atomic mass is 10.1. The van der Waals surface area contributed by atoms with Gasteiger partial charge in [0.2, 0.25) is 5.88 Å². The minimum absolute atomic E-state index is 0.166. The Kier molecular flexibility index (Phi) is 3.39. The number of hydrogen-bond acceptors (Lipinski definition) is 5. The summed E-state index contributed by atoms with van der Waals surface area (Å²) < 4.78 is 10.1. The van der Waals surface area contributed by atoms with Gasteiger partial charge in [0.1, 0.15) is 5.15 Å². The quantitative estimate of drug-likeness (QED) is 0.783. The second-order valence-electron chi connectivity index (χ2n) is 3.13. The van der Waals surface area contributed by atoms with E-state index in [-0.39, 0.29) is 11.2 Å². The maximum atomic E-state index is 6.09. The van der Waals surface area contributed by atoms with Gasteiger partial charge in [-0.2, -0.15) is 9.97 Å². The molecule has 2 rings (SSSR count). The van der Waals surface area contributed by atoms with Crippen LogP contribution in [0, 0.1) is 0 Å². The lowest BCUT2D eigenvalue weighted by Crippen LogP contribution is -1.99. The Morgan fingerprint density at radius 3 is 2.59 bits per heavy atom. The van der Waals surface area contributed by atoms with Crippen molar-refractivity contribution >= 4 is 11.6 Å². The Morgan fingerprint density at radius 2 is 2.00 bits per heavy atom. The second-order valence-corrected chi connectivity index (χ2v) is 3.49. The van der Waals surface area contributed by atoms with Crippen LogP contribution in [0.3, 0.4) is 0 Å². The van der Waals surface area contributed by atoms with Crippen LogP contribution in [0.25, 0.3) is 11.1 Å². The molecule has 2 heterocycles. The number of nitrogens with zero attached hydrogens (tertiary/aromatic N) is 3. The summed E-state index contributed by atoms with van der Waals surface area (Å²) in [6, 6.07) is 3.82. The van der Waals surface area contributed by atoms with E-state index in [1.807, 2.05) is 6.07 Å². The Balaban J connectivity index is 2.61. The highest BCUT2D eigenvalue weighted by Crippen LogP contribution is 2.34. The molecule has 0 amide bonds. The molecule has 2 aromatic heterocycles. The number of aromatic nitrogens is 3. The van der Waals surface area contributed by atoms with Gasteiger partial charge in [0.25, 0.3) is 0 Å². The summed E-state index contributed by atoms with van der Waals surface area (Å²) in [5.41, 5.74) is 1.39. The Hall–Kier alpha value is -1.88. The van der Waals surface area contributed by atoms with Gasteiger partial charge in [0.15, 0.2) is 0 Å². The molecule has 0 aliphatic carbocycles. The molecule has 88 valence electrons. The summed E-state index contributed by atoms with van der Waals surface area (Å²) in [5, 5.41) is 0.265. The van der Waals surface area contributed by atoms with Crippen molar-refractivity contribution in [3.05, 3.63) is 29.7 Å². The molecule has 0 saturated carbocycles. The summed E-state index contributed by atoms with van der Waals surface area (Å²) in [5.74, 6) is 0.356. The number of pyridine rings is 1. The van der Waals surface area contributed by atoms with Crippen LogP contribution in [-0.2, 0) is 0 Å². The predicted octanol–water partition coefficient (Wildman–Crippen LogP) is 2.21. The van der Waals surface area contributed by atoms with Gasteiger partial charge in [0.05, 0.1) is 19.8 Å². The van der Waals surface area contributed by atoms with Gasteiger partial charge in [-0.3, -0.25) is 4.98 Å². The SMILES string of the molecule is COc1nc(Cl)c(-c2cccnc2)c(OC)n1. The van der Waals surface area contributed by atoms with Crippen LogP contribution in [-0.4, -0.2) is 29.2 Å². The van der Waals surface area contributed by atoms with Crippen molar-refractivity contribution in [2.75, 3.05) is 14.2 Å². The monoisotopic (exact) mass is 251 g/mol. The smallest absolute Gasteiger partial charge is 0.320 e. The van der Waals surface area contributed by atoms with Gasteiger partial charge in [0, 0.05) is 18.0 Å². The average Bonchev–Trinajstić information content (AvgIpc) is 2.38. The van der Waals surface area contributed by atoms with E-state index in [1.54, 1.807) is 18.5 Å². The molecule has 0 saturated heterocycles. The van der Waals surface area contributed by atoms with E-state index in [0.717, 1.165) is 5.56 Å². The van der Waals surface area contributed by atoms with Gasteiger partial charge in [-0.15, -0.1) is 0 Å². The van der Waals surface area contributed by atoms with Gasteiger partial charge in [-0.05, 0) is 6.07 Å². The van der Waals surface area contributed by atoms with E-state index < -0.39 is 0 Å². The lowest BCUT2D eigenvalue weighted by molar-refractivity contribution is 0.353. The van der Waals surface area contributed by atoms with Crippen LogP contribution in [0.2, 0.25) is 5.15 Å². The molecule has 0 aromatic carbocycles. The van der Waals surface area contributed by atoms with Crippen molar-refractivity contribution in [2.45, 2.75) is 0 Å². The third-order valence-electron chi connectivity index (χ3n) is 2.14. The largest absolute Gasteiger partial charge is 0.480 e. The molecule has 0 atom stereocenters. The van der Waals surface area contributed by atoms with E-state index >= 15 is 0 Å². The zero-order chi connectivity index (χ0) is 12.3. The van der Waals surface area contributed by atoms with Gasteiger partial charge in [-0.1, -0.05) is 17.7 Å². The number of ether oxygens (including phenoxy) is 2. The summed E-state index contributed by atoms with van der Waals surface area (Å²) in [6.07, 6.45) is 3.34. The number of halogens is 1. The van der Waals surface area contributed by atoms with E-state index in [2.05, 4.69) is 15.0 Å². The number of hydrogen-bond donors (Lipinski definition) is 0. The topological polar surface area (TPSA) is 57.1 Å². The van der Waals surface area contributed by atoms with Crippen molar-refractivity contribution < 1.29 is 9.47 Å². The van der Waals surface area contributed by atoms with Gasteiger partial charge < -0.3 is 9.47 Å². The van der Waals surface area contributed by atoms with Crippen molar-refractivity contribution in [1.82, 2.24) is 15.0 Å². The minimum Gasteiger partial charge on any atom is -0.480 e. The highest BCUT2D eigenvalue weighted by atomic mass is 35.5. The summed E-state index contributed by atoms with van der Waals surface area (Å²) >= 11 is 6.09. The first-order valence-corrected chi connectivity index (χ1v) is 5.20. The van der Waals surface area contributed by atoms with Crippen LogP contribution in [0.15, 0.2) is 24.5 Å². The Labute approximate surface area is 103 Å². The number of rotatable bonds is 3. The molecule has 0 fully saturated rings. The van der Waals surface area contributed by atoms with Crippen molar-refractivity contribution in [3.63, 3.8) is 0 Å². The first-order chi connectivity index (χ1) is 8.26. The standard InChI is InChI=1S/C11H10ClN3O2/c1-16-10-8(7-4-3-5-13-6-7)9(12)14-11(15-10)17-2/h3-6H,1-2H3. The lowest BCUT2D eigenvalue weighted by Gasteiger charge is -2.09. The zero-order valence-electron chi connectivity index (χ0n) is 9.35. The third kappa shape index (κ3) is 2.29. The zero-order valence-corrected chi connectivity index (χ0v) is 10.1. The molecule has 0 unspecified atom stereocenters. The molecule has 6 heteroatoms. The number of methoxy groups -OCH3 is 2. The van der Waals surface area contributed by atoms with Crippen LogP contribution >= 0.6 is 11.6 Å². The molecule has 0 aliphatic rings. The molecule has 0 spiro atoms. The summed E-state index contributed by atoms with van der Waals surface area (Å²) in [7, 11) is 2.98. The molecule has 0 radical (unpaired) electrons. The fourth-order valence-electron chi connectivity index (χ4n) is 1.39. The predicted molar refractivity (Wildman–Crippen MR) is 63.4 cm³/mol. The Morgan fingerprint density at radius 1 is 1.18 bits per heavy atom. The molecule has 2 aromatic rings. The van der Waals surface area contributed by atoms with Crippen LogP contribution < -0.4 is 9.47 Å². The minimum atomic E-state index is 0.166. The molecule has 0 bridgehead atoms. The molecular weight excluding hydrogens is 242 g/mol. The Bertz CT molecular complexity index is 520. The molecular formula is C11H10ClN3O2. The van der Waals surface area contributed by atoms with Crippen LogP contribution in [0.1, 0.15) is 0 Å². The van der Waals surface area contributed by atoms with Crippen LogP contribution in [0.5, 0.6) is 11.9 Å².